The van der Waals surface area contributed by atoms with Crippen LogP contribution >= 0.6 is 0 Å². The summed E-state index contributed by atoms with van der Waals surface area (Å²) >= 11 is 0. The Kier molecular flexibility index (Phi) is 3.07. The van der Waals surface area contributed by atoms with Crippen LogP contribution < -0.4 is 0 Å². The molecule has 0 aliphatic carbocycles. The highest BCUT2D eigenvalue weighted by atomic mass is 19.1. The monoisotopic (exact) mass is 241 g/mol. The SMILES string of the molecule is CC(C)(C#N)c1ccc(-c2ncc(F)cn2)cc1. The van der Waals surface area contributed by atoms with E-state index in [4.69, 9.17) is 5.26 Å². The molecule has 0 aliphatic rings. The molecule has 0 fully saturated rings. The van der Waals surface area contributed by atoms with Crippen molar-refractivity contribution in [1.82, 2.24) is 9.97 Å². The van der Waals surface area contributed by atoms with Crippen LogP contribution in [0.4, 0.5) is 4.39 Å². The van der Waals surface area contributed by atoms with E-state index in [1.54, 1.807) is 0 Å². The van der Waals surface area contributed by atoms with Gasteiger partial charge in [-0.2, -0.15) is 5.26 Å². The molecule has 0 N–H and O–H groups in total. The third-order valence-corrected chi connectivity index (χ3v) is 2.76. The summed E-state index contributed by atoms with van der Waals surface area (Å²) in [5.74, 6) is 0.0127. The molecule has 0 radical (unpaired) electrons. The minimum absolute atomic E-state index is 0.457. The third kappa shape index (κ3) is 2.35. The Bertz CT molecular complexity index is 580. The predicted octanol–water partition coefficient (Wildman–Crippen LogP) is 3.08. The number of rotatable bonds is 2. The zero-order valence-electron chi connectivity index (χ0n) is 10.2. The quantitative estimate of drug-likeness (QED) is 0.811. The molecule has 0 bridgehead atoms. The molecule has 1 aromatic heterocycles. The molecule has 0 atom stereocenters. The lowest BCUT2D eigenvalue weighted by Gasteiger charge is -2.15. The van der Waals surface area contributed by atoms with Gasteiger partial charge >= 0.3 is 0 Å². The second-order valence-electron chi connectivity index (χ2n) is 4.54. The fourth-order valence-corrected chi connectivity index (χ4v) is 1.56. The lowest BCUT2D eigenvalue weighted by molar-refractivity contribution is 0.614. The van der Waals surface area contributed by atoms with Crippen molar-refractivity contribution in [1.29, 1.82) is 5.26 Å². The van der Waals surface area contributed by atoms with Crippen LogP contribution in [0.1, 0.15) is 19.4 Å². The summed E-state index contributed by atoms with van der Waals surface area (Å²) < 4.78 is 12.7. The highest BCUT2D eigenvalue weighted by Crippen LogP contribution is 2.24. The third-order valence-electron chi connectivity index (χ3n) is 2.76. The Morgan fingerprint density at radius 1 is 1.11 bits per heavy atom. The second kappa shape index (κ2) is 4.53. The highest BCUT2D eigenvalue weighted by molar-refractivity contribution is 5.55. The molecule has 18 heavy (non-hydrogen) atoms. The average molecular weight is 241 g/mol. The largest absolute Gasteiger partial charge is 0.233 e. The summed E-state index contributed by atoms with van der Waals surface area (Å²) in [4.78, 5) is 7.82. The maximum atomic E-state index is 12.7. The van der Waals surface area contributed by atoms with Gasteiger partial charge in [0.05, 0.1) is 23.9 Å². The topological polar surface area (TPSA) is 49.6 Å². The molecule has 1 heterocycles. The lowest BCUT2D eigenvalue weighted by Crippen LogP contribution is -2.13. The number of nitrogens with zero attached hydrogens (tertiary/aromatic N) is 3. The van der Waals surface area contributed by atoms with Gasteiger partial charge in [-0.25, -0.2) is 14.4 Å². The van der Waals surface area contributed by atoms with E-state index in [0.29, 0.717) is 5.82 Å². The van der Waals surface area contributed by atoms with Crippen molar-refractivity contribution in [2.75, 3.05) is 0 Å². The van der Waals surface area contributed by atoms with Crippen LogP contribution in [-0.2, 0) is 5.41 Å². The van der Waals surface area contributed by atoms with E-state index >= 15 is 0 Å². The molecule has 0 amide bonds. The Labute approximate surface area is 105 Å². The number of hydrogen-bond donors (Lipinski definition) is 0. The normalized spacial score (nSPS) is 11.0. The molecular weight excluding hydrogens is 229 g/mol. The maximum Gasteiger partial charge on any atom is 0.159 e. The first-order valence-electron chi connectivity index (χ1n) is 5.52. The fourth-order valence-electron chi connectivity index (χ4n) is 1.56. The van der Waals surface area contributed by atoms with Gasteiger partial charge in [-0.15, -0.1) is 0 Å². The standard InChI is InChI=1S/C14H12FN3/c1-14(2,9-16)11-5-3-10(4-6-11)13-17-7-12(15)8-18-13/h3-8H,1-2H3. The van der Waals surface area contributed by atoms with Crippen molar-refractivity contribution in [3.63, 3.8) is 0 Å². The molecule has 0 aliphatic heterocycles. The van der Waals surface area contributed by atoms with Gasteiger partial charge in [0.2, 0.25) is 0 Å². The smallest absolute Gasteiger partial charge is 0.159 e. The first-order chi connectivity index (χ1) is 8.53. The van der Waals surface area contributed by atoms with E-state index in [0.717, 1.165) is 23.5 Å². The predicted molar refractivity (Wildman–Crippen MR) is 66.1 cm³/mol. The summed E-state index contributed by atoms with van der Waals surface area (Å²) in [5.41, 5.74) is 1.20. The first kappa shape index (κ1) is 12.2. The van der Waals surface area contributed by atoms with Crippen molar-refractivity contribution < 1.29 is 4.39 Å². The fraction of sp³-hybridized carbons (Fsp3) is 0.214. The van der Waals surface area contributed by atoms with E-state index in [9.17, 15) is 4.39 Å². The van der Waals surface area contributed by atoms with Gasteiger partial charge in [-0.1, -0.05) is 24.3 Å². The Morgan fingerprint density at radius 3 is 2.17 bits per heavy atom. The molecule has 1 aromatic carbocycles. The average Bonchev–Trinajstić information content (AvgIpc) is 2.40. The minimum atomic E-state index is -0.526. The second-order valence-corrected chi connectivity index (χ2v) is 4.54. The molecule has 3 nitrogen and oxygen atoms in total. The molecular formula is C14H12FN3. The van der Waals surface area contributed by atoms with E-state index < -0.39 is 11.2 Å². The van der Waals surface area contributed by atoms with E-state index in [1.165, 1.54) is 0 Å². The number of aromatic nitrogens is 2. The highest BCUT2D eigenvalue weighted by Gasteiger charge is 2.19. The van der Waals surface area contributed by atoms with Crippen LogP contribution in [0.2, 0.25) is 0 Å². The molecule has 90 valence electrons. The molecule has 0 unspecified atom stereocenters. The van der Waals surface area contributed by atoms with Crippen LogP contribution in [0, 0.1) is 17.1 Å². The van der Waals surface area contributed by atoms with Crippen LogP contribution in [0.5, 0.6) is 0 Å². The summed E-state index contributed by atoms with van der Waals surface area (Å²) in [5, 5.41) is 9.05. The Balaban J connectivity index is 2.34. The van der Waals surface area contributed by atoms with Gasteiger partial charge in [0, 0.05) is 5.56 Å². The van der Waals surface area contributed by atoms with Crippen LogP contribution in [0.15, 0.2) is 36.7 Å². The van der Waals surface area contributed by atoms with Crippen molar-refractivity contribution in [3.05, 3.63) is 48.0 Å². The summed E-state index contributed by atoms with van der Waals surface area (Å²) in [6.45, 7) is 3.72. The molecule has 2 rings (SSSR count). The van der Waals surface area contributed by atoms with Crippen molar-refractivity contribution in [2.24, 2.45) is 0 Å². The van der Waals surface area contributed by atoms with Gasteiger partial charge in [-0.3, -0.25) is 0 Å². The molecule has 0 saturated heterocycles. The van der Waals surface area contributed by atoms with E-state index in [-0.39, 0.29) is 0 Å². The lowest BCUT2D eigenvalue weighted by atomic mass is 9.86. The molecule has 0 spiro atoms. The first-order valence-corrected chi connectivity index (χ1v) is 5.52. The van der Waals surface area contributed by atoms with Gasteiger partial charge in [-0.05, 0) is 19.4 Å². The van der Waals surface area contributed by atoms with Crippen LogP contribution in [0.25, 0.3) is 11.4 Å². The number of hydrogen-bond acceptors (Lipinski definition) is 3. The Morgan fingerprint density at radius 2 is 1.67 bits per heavy atom. The number of halogens is 1. The summed E-state index contributed by atoms with van der Waals surface area (Å²) in [6.07, 6.45) is 2.27. The van der Waals surface area contributed by atoms with Crippen molar-refractivity contribution in [3.8, 4) is 17.5 Å². The van der Waals surface area contributed by atoms with Gasteiger partial charge in [0.25, 0.3) is 0 Å². The van der Waals surface area contributed by atoms with Crippen LogP contribution in [0.3, 0.4) is 0 Å². The molecule has 2 aromatic rings. The Hall–Kier alpha value is -2.28. The summed E-state index contributed by atoms with van der Waals surface area (Å²) in [7, 11) is 0. The van der Waals surface area contributed by atoms with Crippen LogP contribution in [-0.4, -0.2) is 9.97 Å². The zero-order chi connectivity index (χ0) is 13.2. The van der Waals surface area contributed by atoms with E-state index in [2.05, 4.69) is 16.0 Å². The van der Waals surface area contributed by atoms with Crippen molar-refractivity contribution >= 4 is 0 Å². The number of benzene rings is 1. The molecule has 4 heteroatoms. The van der Waals surface area contributed by atoms with Gasteiger partial charge in [0.15, 0.2) is 11.6 Å². The molecule has 0 saturated carbocycles. The number of nitriles is 1. The van der Waals surface area contributed by atoms with Gasteiger partial charge < -0.3 is 0 Å². The van der Waals surface area contributed by atoms with Crippen molar-refractivity contribution in [2.45, 2.75) is 19.3 Å². The maximum absolute atomic E-state index is 12.7. The van der Waals surface area contributed by atoms with Gasteiger partial charge in [0.1, 0.15) is 0 Å². The van der Waals surface area contributed by atoms with E-state index in [1.807, 2.05) is 38.1 Å². The summed E-state index contributed by atoms with van der Waals surface area (Å²) in [6, 6.07) is 9.65. The minimum Gasteiger partial charge on any atom is -0.233 e. The zero-order valence-corrected chi connectivity index (χ0v) is 10.2.